The molecule has 0 saturated carbocycles. The highest BCUT2D eigenvalue weighted by Crippen LogP contribution is 2.46. The molecule has 0 saturated heterocycles. The number of hydrogen-bond donors (Lipinski definition) is 1. The summed E-state index contributed by atoms with van der Waals surface area (Å²) in [5.41, 5.74) is 7.14. The molecule has 3 heteroatoms. The minimum atomic E-state index is -0.528. The molecule has 0 radical (unpaired) electrons. The number of benzene rings is 1. The molecule has 2 N–H and O–H groups in total. The van der Waals surface area contributed by atoms with Crippen LogP contribution in [0.2, 0.25) is 0 Å². The van der Waals surface area contributed by atoms with Crippen molar-refractivity contribution in [2.24, 2.45) is 5.73 Å². The van der Waals surface area contributed by atoms with Crippen LogP contribution < -0.4 is 5.73 Å². The van der Waals surface area contributed by atoms with Crippen molar-refractivity contribution in [3.63, 3.8) is 0 Å². The normalized spacial score (nSPS) is 22.3. The summed E-state index contributed by atoms with van der Waals surface area (Å²) in [5.74, 6) is -0.960. The van der Waals surface area contributed by atoms with Crippen LogP contribution in [0.15, 0.2) is 12.1 Å². The molecule has 1 aromatic rings. The lowest BCUT2D eigenvalue weighted by molar-refractivity contribution is 0.300. The van der Waals surface area contributed by atoms with Gasteiger partial charge < -0.3 is 5.73 Å². The Kier molecular flexibility index (Phi) is 3.21. The maximum Gasteiger partial charge on any atom is 0.130 e. The van der Waals surface area contributed by atoms with Crippen LogP contribution in [-0.4, -0.2) is 0 Å². The van der Waals surface area contributed by atoms with Crippen molar-refractivity contribution in [1.29, 1.82) is 0 Å². The summed E-state index contributed by atoms with van der Waals surface area (Å²) in [6, 6.07) is 2.15. The minimum absolute atomic E-state index is 0.164. The quantitative estimate of drug-likeness (QED) is 0.834. The summed E-state index contributed by atoms with van der Waals surface area (Å²) in [6.45, 7) is 4.12. The van der Waals surface area contributed by atoms with E-state index in [1.807, 2.05) is 0 Å². The third kappa shape index (κ3) is 1.86. The van der Waals surface area contributed by atoms with Crippen LogP contribution in [0, 0.1) is 11.6 Å². The third-order valence-electron chi connectivity index (χ3n) is 4.30. The van der Waals surface area contributed by atoms with Crippen LogP contribution >= 0.6 is 0 Å². The summed E-state index contributed by atoms with van der Waals surface area (Å²) >= 11 is 0. The Morgan fingerprint density at radius 1 is 1.29 bits per heavy atom. The van der Waals surface area contributed by atoms with Gasteiger partial charge in [-0.15, -0.1) is 0 Å². The van der Waals surface area contributed by atoms with E-state index in [0.29, 0.717) is 11.1 Å². The second-order valence-electron chi connectivity index (χ2n) is 4.98. The van der Waals surface area contributed by atoms with E-state index in [2.05, 4.69) is 13.8 Å². The molecular formula is C14H19F2N. The molecule has 0 aliphatic heterocycles. The van der Waals surface area contributed by atoms with Crippen molar-refractivity contribution < 1.29 is 8.78 Å². The first kappa shape index (κ1) is 12.5. The first-order valence-electron chi connectivity index (χ1n) is 6.29. The van der Waals surface area contributed by atoms with Gasteiger partial charge >= 0.3 is 0 Å². The average Bonchev–Trinajstić information content (AvgIpc) is 2.31. The Morgan fingerprint density at radius 2 is 1.94 bits per heavy atom. The first-order valence-corrected chi connectivity index (χ1v) is 6.29. The SMILES string of the molecule is CCC1(CC)CCC(N)c2cc(F)cc(F)c21. The number of halogens is 2. The molecule has 1 atom stereocenters. The molecule has 17 heavy (non-hydrogen) atoms. The number of fused-ring (bicyclic) bond motifs is 1. The smallest absolute Gasteiger partial charge is 0.130 e. The lowest BCUT2D eigenvalue weighted by Gasteiger charge is -2.40. The predicted molar refractivity (Wildman–Crippen MR) is 64.8 cm³/mol. The Morgan fingerprint density at radius 3 is 2.53 bits per heavy atom. The van der Waals surface area contributed by atoms with Gasteiger partial charge in [0.05, 0.1) is 0 Å². The van der Waals surface area contributed by atoms with Crippen molar-refractivity contribution in [2.45, 2.75) is 51.0 Å². The second kappa shape index (κ2) is 4.37. The van der Waals surface area contributed by atoms with Gasteiger partial charge in [-0.05, 0) is 48.3 Å². The van der Waals surface area contributed by atoms with E-state index in [9.17, 15) is 8.78 Å². The zero-order valence-electron chi connectivity index (χ0n) is 10.4. The number of rotatable bonds is 2. The van der Waals surface area contributed by atoms with Crippen LogP contribution in [0.3, 0.4) is 0 Å². The fourth-order valence-electron chi connectivity index (χ4n) is 3.11. The van der Waals surface area contributed by atoms with Gasteiger partial charge in [0.25, 0.3) is 0 Å². The zero-order chi connectivity index (χ0) is 12.6. The Balaban J connectivity index is 2.66. The maximum atomic E-state index is 14.1. The molecular weight excluding hydrogens is 220 g/mol. The summed E-state index contributed by atoms with van der Waals surface area (Å²) in [6.07, 6.45) is 3.42. The summed E-state index contributed by atoms with van der Waals surface area (Å²) in [7, 11) is 0. The molecule has 0 spiro atoms. The molecule has 0 amide bonds. The lowest BCUT2D eigenvalue weighted by atomic mass is 9.65. The molecule has 94 valence electrons. The monoisotopic (exact) mass is 239 g/mol. The molecule has 0 aromatic heterocycles. The van der Waals surface area contributed by atoms with E-state index in [1.165, 1.54) is 6.07 Å². The van der Waals surface area contributed by atoms with Gasteiger partial charge in [-0.1, -0.05) is 13.8 Å². The third-order valence-corrected chi connectivity index (χ3v) is 4.30. The van der Waals surface area contributed by atoms with E-state index in [1.54, 1.807) is 0 Å². The van der Waals surface area contributed by atoms with E-state index in [-0.39, 0.29) is 11.5 Å². The highest BCUT2D eigenvalue weighted by atomic mass is 19.1. The molecule has 0 bridgehead atoms. The Hall–Kier alpha value is -0.960. The summed E-state index contributed by atoms with van der Waals surface area (Å²) in [4.78, 5) is 0. The maximum absolute atomic E-state index is 14.1. The molecule has 1 nitrogen and oxygen atoms in total. The lowest BCUT2D eigenvalue weighted by Crippen LogP contribution is -2.35. The van der Waals surface area contributed by atoms with Crippen molar-refractivity contribution in [2.75, 3.05) is 0 Å². The van der Waals surface area contributed by atoms with Gasteiger partial charge in [-0.2, -0.15) is 0 Å². The van der Waals surface area contributed by atoms with Gasteiger partial charge in [0.1, 0.15) is 11.6 Å². The van der Waals surface area contributed by atoms with Gasteiger partial charge in [0.15, 0.2) is 0 Å². The summed E-state index contributed by atoms with van der Waals surface area (Å²) < 4.78 is 27.4. The fraction of sp³-hybridized carbons (Fsp3) is 0.571. The molecule has 1 aromatic carbocycles. The van der Waals surface area contributed by atoms with Crippen molar-refractivity contribution in [3.8, 4) is 0 Å². The van der Waals surface area contributed by atoms with Crippen LogP contribution in [0.25, 0.3) is 0 Å². The van der Waals surface area contributed by atoms with E-state index < -0.39 is 11.6 Å². The minimum Gasteiger partial charge on any atom is -0.324 e. The topological polar surface area (TPSA) is 26.0 Å². The molecule has 1 aliphatic carbocycles. The van der Waals surface area contributed by atoms with E-state index in [4.69, 9.17) is 5.73 Å². The van der Waals surface area contributed by atoms with Crippen LogP contribution in [0.1, 0.15) is 56.7 Å². The van der Waals surface area contributed by atoms with Crippen LogP contribution in [0.4, 0.5) is 8.78 Å². The molecule has 0 fully saturated rings. The van der Waals surface area contributed by atoms with E-state index in [0.717, 1.165) is 31.7 Å². The zero-order valence-corrected chi connectivity index (χ0v) is 10.4. The van der Waals surface area contributed by atoms with Gasteiger partial charge in [0.2, 0.25) is 0 Å². The van der Waals surface area contributed by atoms with Gasteiger partial charge in [-0.25, -0.2) is 8.78 Å². The van der Waals surface area contributed by atoms with Crippen molar-refractivity contribution in [3.05, 3.63) is 34.9 Å². The summed E-state index contributed by atoms with van der Waals surface area (Å²) in [5, 5.41) is 0. The number of hydrogen-bond acceptors (Lipinski definition) is 1. The Labute approximate surface area is 101 Å². The van der Waals surface area contributed by atoms with Crippen molar-refractivity contribution >= 4 is 0 Å². The van der Waals surface area contributed by atoms with Crippen LogP contribution in [-0.2, 0) is 5.41 Å². The van der Waals surface area contributed by atoms with E-state index >= 15 is 0 Å². The predicted octanol–water partition coefficient (Wildman–Crippen LogP) is 3.82. The largest absolute Gasteiger partial charge is 0.324 e. The van der Waals surface area contributed by atoms with Crippen LogP contribution in [0.5, 0.6) is 0 Å². The highest BCUT2D eigenvalue weighted by molar-refractivity contribution is 5.40. The van der Waals surface area contributed by atoms with Gasteiger partial charge in [-0.3, -0.25) is 0 Å². The molecule has 0 heterocycles. The molecule has 1 unspecified atom stereocenters. The first-order chi connectivity index (χ1) is 8.04. The standard InChI is InChI=1S/C14H19F2N/c1-3-14(4-2)6-5-12(17)10-7-9(15)8-11(16)13(10)14/h7-8,12H,3-6,17H2,1-2H3. The Bertz CT molecular complexity index is 424. The van der Waals surface area contributed by atoms with Crippen molar-refractivity contribution in [1.82, 2.24) is 0 Å². The fourth-order valence-corrected chi connectivity index (χ4v) is 3.11. The highest BCUT2D eigenvalue weighted by Gasteiger charge is 2.38. The average molecular weight is 239 g/mol. The molecule has 2 rings (SSSR count). The molecule has 1 aliphatic rings. The van der Waals surface area contributed by atoms with Gasteiger partial charge in [0, 0.05) is 12.1 Å². The number of nitrogens with two attached hydrogens (primary N) is 1. The second-order valence-corrected chi connectivity index (χ2v) is 4.98.